The van der Waals surface area contributed by atoms with Crippen molar-refractivity contribution in [3.05, 3.63) is 53.1 Å². The maximum absolute atomic E-state index is 11.6. The highest BCUT2D eigenvalue weighted by atomic mass is 32.2. The first kappa shape index (κ1) is 18.2. The van der Waals surface area contributed by atoms with E-state index in [0.29, 0.717) is 6.42 Å². The Hall–Kier alpha value is -2.18. The molecule has 0 saturated carbocycles. The van der Waals surface area contributed by atoms with Gasteiger partial charge in [-0.25, -0.2) is 0 Å². The number of rotatable bonds is 2. The summed E-state index contributed by atoms with van der Waals surface area (Å²) in [4.78, 5) is 8.66. The minimum atomic E-state index is -4.15. The van der Waals surface area contributed by atoms with Crippen LogP contribution in [0.4, 0.5) is 0 Å². The van der Waals surface area contributed by atoms with Crippen molar-refractivity contribution < 1.29 is 17.8 Å². The van der Waals surface area contributed by atoms with Gasteiger partial charge in [0.1, 0.15) is 0 Å². The number of hydrogen-bond donors (Lipinski definition) is 2. The largest absolute Gasteiger partial charge is 0.372 e. The predicted octanol–water partition coefficient (Wildman–Crippen LogP) is 2.89. The molecular weight excluding hydrogens is 326 g/mol. The minimum absolute atomic E-state index is 0.0783. The summed E-state index contributed by atoms with van der Waals surface area (Å²) in [5, 5.41) is 0. The Kier molecular flexibility index (Phi) is 5.75. The molecule has 3 rings (SSSR count). The van der Waals surface area contributed by atoms with Crippen LogP contribution in [-0.4, -0.2) is 19.4 Å². The maximum atomic E-state index is 11.6. The second kappa shape index (κ2) is 7.59. The summed E-state index contributed by atoms with van der Waals surface area (Å²) in [6, 6.07) is 11.5. The average molecular weight is 347 g/mol. The Morgan fingerprint density at radius 2 is 1.58 bits per heavy atom. The standard InChI is InChI=1S/C17H18O3S.CH3NO/c1-12-6-2-3-7-13(12)15-10-11-17(21(18,19)20)16-9-5-4-8-14(15)16;2-1-3/h2-3,6-7,10-11H,4-5,8-9H2,1H3,(H,18,19,20);1H,(H2,2,3). The van der Waals surface area contributed by atoms with E-state index in [4.69, 9.17) is 4.79 Å². The molecule has 0 heterocycles. The van der Waals surface area contributed by atoms with Crippen LogP contribution in [0, 0.1) is 6.92 Å². The van der Waals surface area contributed by atoms with Gasteiger partial charge in [-0.15, -0.1) is 0 Å². The van der Waals surface area contributed by atoms with E-state index in [1.807, 2.05) is 18.2 Å². The van der Waals surface area contributed by atoms with Crippen LogP contribution in [0.5, 0.6) is 0 Å². The number of aryl methyl sites for hydroxylation is 1. The van der Waals surface area contributed by atoms with E-state index in [1.165, 1.54) is 5.56 Å². The Morgan fingerprint density at radius 3 is 2.17 bits per heavy atom. The summed E-state index contributed by atoms with van der Waals surface area (Å²) in [5.74, 6) is 0. The highest BCUT2D eigenvalue weighted by Gasteiger charge is 2.23. The molecule has 1 aliphatic rings. The monoisotopic (exact) mass is 347 g/mol. The summed E-state index contributed by atoms with van der Waals surface area (Å²) in [7, 11) is -4.15. The normalized spacial score (nSPS) is 13.4. The lowest BCUT2D eigenvalue weighted by atomic mass is 9.85. The molecule has 0 bridgehead atoms. The van der Waals surface area contributed by atoms with Crippen LogP contribution in [0.2, 0.25) is 0 Å². The van der Waals surface area contributed by atoms with Crippen LogP contribution >= 0.6 is 0 Å². The molecule has 0 atom stereocenters. The Labute approximate surface area is 142 Å². The predicted molar refractivity (Wildman–Crippen MR) is 93.3 cm³/mol. The molecular formula is C18H21NO4S. The topological polar surface area (TPSA) is 97.5 Å². The molecule has 128 valence electrons. The highest BCUT2D eigenvalue weighted by Crippen LogP contribution is 2.36. The van der Waals surface area contributed by atoms with Crippen molar-refractivity contribution in [3.63, 3.8) is 0 Å². The minimum Gasteiger partial charge on any atom is -0.372 e. The summed E-state index contributed by atoms with van der Waals surface area (Å²) in [6.45, 7) is 2.06. The second-order valence-electron chi connectivity index (χ2n) is 5.70. The first-order valence-corrected chi connectivity index (χ1v) is 9.17. The maximum Gasteiger partial charge on any atom is 0.294 e. The molecule has 6 heteroatoms. The number of hydrogen-bond acceptors (Lipinski definition) is 3. The third kappa shape index (κ3) is 3.83. The molecule has 0 saturated heterocycles. The lowest BCUT2D eigenvalue weighted by Crippen LogP contribution is -2.11. The van der Waals surface area contributed by atoms with E-state index in [2.05, 4.69) is 24.8 Å². The van der Waals surface area contributed by atoms with Crippen molar-refractivity contribution in [3.8, 4) is 11.1 Å². The van der Waals surface area contributed by atoms with Gasteiger partial charge in [-0.05, 0) is 66.5 Å². The van der Waals surface area contributed by atoms with Gasteiger partial charge < -0.3 is 5.73 Å². The van der Waals surface area contributed by atoms with Gasteiger partial charge in [0.05, 0.1) is 4.90 Å². The molecule has 1 amide bonds. The van der Waals surface area contributed by atoms with Gasteiger partial charge >= 0.3 is 0 Å². The van der Waals surface area contributed by atoms with Gasteiger partial charge in [0.25, 0.3) is 10.1 Å². The van der Waals surface area contributed by atoms with E-state index in [0.717, 1.165) is 41.5 Å². The van der Waals surface area contributed by atoms with E-state index in [-0.39, 0.29) is 11.3 Å². The van der Waals surface area contributed by atoms with Gasteiger partial charge in [-0.1, -0.05) is 30.3 Å². The Balaban J connectivity index is 0.000000647. The zero-order valence-electron chi connectivity index (χ0n) is 13.5. The van der Waals surface area contributed by atoms with Crippen molar-refractivity contribution in [2.24, 2.45) is 5.73 Å². The Morgan fingerprint density at radius 1 is 1.00 bits per heavy atom. The molecule has 2 aromatic carbocycles. The molecule has 24 heavy (non-hydrogen) atoms. The fourth-order valence-corrected chi connectivity index (χ4v) is 3.98. The van der Waals surface area contributed by atoms with Gasteiger partial charge in [0.2, 0.25) is 6.41 Å². The second-order valence-corrected chi connectivity index (χ2v) is 7.09. The van der Waals surface area contributed by atoms with Crippen molar-refractivity contribution in [1.82, 2.24) is 0 Å². The fourth-order valence-electron chi connectivity index (χ4n) is 3.20. The number of amides is 1. The number of primary amides is 1. The summed E-state index contributed by atoms with van der Waals surface area (Å²) >= 11 is 0. The first-order valence-electron chi connectivity index (χ1n) is 7.73. The van der Waals surface area contributed by atoms with Crippen LogP contribution in [-0.2, 0) is 27.8 Å². The fraction of sp³-hybridized carbons (Fsp3) is 0.278. The number of fused-ring (bicyclic) bond motifs is 1. The lowest BCUT2D eigenvalue weighted by molar-refractivity contribution is -0.106. The number of carbonyl (C=O) groups excluding carboxylic acids is 1. The van der Waals surface area contributed by atoms with Gasteiger partial charge in [-0.2, -0.15) is 8.42 Å². The smallest absolute Gasteiger partial charge is 0.294 e. The number of carbonyl (C=O) groups is 1. The van der Waals surface area contributed by atoms with Crippen molar-refractivity contribution in [2.75, 3.05) is 0 Å². The lowest BCUT2D eigenvalue weighted by Gasteiger charge is -2.22. The van der Waals surface area contributed by atoms with Crippen LogP contribution in [0.15, 0.2) is 41.3 Å². The van der Waals surface area contributed by atoms with E-state index in [1.54, 1.807) is 6.07 Å². The highest BCUT2D eigenvalue weighted by molar-refractivity contribution is 7.85. The average Bonchev–Trinajstić information content (AvgIpc) is 2.54. The third-order valence-electron chi connectivity index (χ3n) is 4.20. The molecule has 0 aromatic heterocycles. The van der Waals surface area contributed by atoms with Crippen LogP contribution in [0.3, 0.4) is 0 Å². The van der Waals surface area contributed by atoms with E-state index in [9.17, 15) is 13.0 Å². The zero-order valence-corrected chi connectivity index (χ0v) is 14.3. The third-order valence-corrected chi connectivity index (χ3v) is 5.14. The quantitative estimate of drug-likeness (QED) is 0.645. The van der Waals surface area contributed by atoms with Crippen LogP contribution in [0.1, 0.15) is 29.5 Å². The van der Waals surface area contributed by atoms with Crippen molar-refractivity contribution in [1.29, 1.82) is 0 Å². The van der Waals surface area contributed by atoms with Gasteiger partial charge in [-0.3, -0.25) is 9.35 Å². The van der Waals surface area contributed by atoms with Crippen molar-refractivity contribution >= 4 is 16.5 Å². The molecule has 1 aliphatic carbocycles. The van der Waals surface area contributed by atoms with Crippen molar-refractivity contribution in [2.45, 2.75) is 37.5 Å². The molecule has 0 aliphatic heterocycles. The molecule has 5 nitrogen and oxygen atoms in total. The van der Waals surface area contributed by atoms with Crippen LogP contribution in [0.25, 0.3) is 11.1 Å². The molecule has 2 aromatic rings. The molecule has 0 radical (unpaired) electrons. The SMILES string of the molecule is Cc1ccccc1-c1ccc(S(=O)(=O)O)c2c1CCCC2.NC=O. The zero-order chi connectivity index (χ0) is 17.7. The van der Waals surface area contributed by atoms with Gasteiger partial charge in [0.15, 0.2) is 0 Å². The Bertz CT molecular complexity index is 844. The molecule has 3 N–H and O–H groups in total. The summed E-state index contributed by atoms with van der Waals surface area (Å²) < 4.78 is 32.6. The number of nitrogens with two attached hydrogens (primary N) is 1. The molecule has 0 spiro atoms. The first-order chi connectivity index (χ1) is 11.4. The van der Waals surface area contributed by atoms with E-state index < -0.39 is 10.1 Å². The summed E-state index contributed by atoms with van der Waals surface area (Å²) in [5.41, 5.74) is 9.44. The number of benzene rings is 2. The molecule has 0 fully saturated rings. The van der Waals surface area contributed by atoms with Crippen LogP contribution < -0.4 is 5.73 Å². The summed E-state index contributed by atoms with van der Waals surface area (Å²) in [6.07, 6.45) is 3.85. The van der Waals surface area contributed by atoms with E-state index >= 15 is 0 Å². The van der Waals surface area contributed by atoms with Gasteiger partial charge in [0, 0.05) is 0 Å². The molecule has 0 unspecified atom stereocenters.